The molecule has 110 valence electrons. The molecule has 0 aliphatic heterocycles. The molecule has 0 aliphatic rings. The number of amides is 1. The van der Waals surface area contributed by atoms with Crippen LogP contribution < -0.4 is 10.6 Å². The van der Waals surface area contributed by atoms with Gasteiger partial charge in [-0.15, -0.1) is 0 Å². The predicted octanol–water partition coefficient (Wildman–Crippen LogP) is 2.18. The van der Waals surface area contributed by atoms with E-state index in [0.717, 1.165) is 12.0 Å². The first kappa shape index (κ1) is 15.3. The largest absolute Gasteiger partial charge is 0.354 e. The third-order valence-electron chi connectivity index (χ3n) is 3.50. The van der Waals surface area contributed by atoms with Gasteiger partial charge >= 0.3 is 0 Å². The maximum Gasteiger partial charge on any atom is 0.237 e. The molecule has 2 aromatic rings. The second-order valence-corrected chi connectivity index (χ2v) is 5.06. The van der Waals surface area contributed by atoms with E-state index < -0.39 is 0 Å². The molecular formula is C18H22N2O. The van der Waals surface area contributed by atoms with Gasteiger partial charge in [0, 0.05) is 6.54 Å². The van der Waals surface area contributed by atoms with Gasteiger partial charge in [0.15, 0.2) is 0 Å². The monoisotopic (exact) mass is 282 g/mol. The van der Waals surface area contributed by atoms with Gasteiger partial charge in [0.2, 0.25) is 5.91 Å². The Bertz CT molecular complexity index is 540. The molecule has 2 rings (SSSR count). The van der Waals surface area contributed by atoms with Crippen LogP contribution in [0.15, 0.2) is 60.7 Å². The average molecular weight is 282 g/mol. The lowest BCUT2D eigenvalue weighted by molar-refractivity contribution is -0.122. The molecule has 0 saturated heterocycles. The lowest BCUT2D eigenvalue weighted by atomic mass is 10.1. The van der Waals surface area contributed by atoms with Crippen LogP contribution in [0.4, 0.5) is 0 Å². The molecule has 0 radical (unpaired) electrons. The summed E-state index contributed by atoms with van der Waals surface area (Å²) in [6.45, 7) is 0.663. The Kier molecular flexibility index (Phi) is 5.98. The zero-order valence-corrected chi connectivity index (χ0v) is 12.4. The van der Waals surface area contributed by atoms with Crippen LogP contribution in [0.5, 0.6) is 0 Å². The second-order valence-electron chi connectivity index (χ2n) is 5.06. The second kappa shape index (κ2) is 8.22. The Morgan fingerprint density at radius 3 is 2.10 bits per heavy atom. The van der Waals surface area contributed by atoms with E-state index in [1.807, 2.05) is 55.6 Å². The fourth-order valence-electron chi connectivity index (χ4n) is 2.27. The van der Waals surface area contributed by atoms with Gasteiger partial charge in [-0.05, 0) is 31.0 Å². The zero-order valence-electron chi connectivity index (χ0n) is 12.4. The van der Waals surface area contributed by atoms with Crippen LogP contribution in [-0.4, -0.2) is 25.5 Å². The summed E-state index contributed by atoms with van der Waals surface area (Å²) in [7, 11) is 1.82. The van der Waals surface area contributed by atoms with E-state index in [1.165, 1.54) is 5.56 Å². The molecule has 0 heterocycles. The smallest absolute Gasteiger partial charge is 0.237 e. The molecule has 0 bridgehead atoms. The van der Waals surface area contributed by atoms with E-state index in [1.54, 1.807) is 0 Å². The van der Waals surface area contributed by atoms with Gasteiger partial charge in [-0.1, -0.05) is 60.7 Å². The van der Waals surface area contributed by atoms with E-state index in [2.05, 4.69) is 22.8 Å². The SMILES string of the molecule is CN[C@H](Cc1ccccc1)C(=O)NCCc1ccccc1. The van der Waals surface area contributed by atoms with Gasteiger partial charge in [0.1, 0.15) is 0 Å². The predicted molar refractivity (Wildman–Crippen MR) is 86.1 cm³/mol. The molecule has 3 heteroatoms. The molecule has 0 saturated carbocycles. The first-order valence-electron chi connectivity index (χ1n) is 7.32. The maximum atomic E-state index is 12.2. The third-order valence-corrected chi connectivity index (χ3v) is 3.50. The Hall–Kier alpha value is -2.13. The molecule has 0 fully saturated rings. The number of likely N-dealkylation sites (N-methyl/N-ethyl adjacent to an activating group) is 1. The number of hydrogen-bond donors (Lipinski definition) is 2. The standard InChI is InChI=1S/C18H22N2O/c1-19-17(14-16-10-6-3-7-11-16)18(21)20-13-12-15-8-4-2-5-9-15/h2-11,17,19H,12-14H2,1H3,(H,20,21)/t17-/m1/s1. The molecular weight excluding hydrogens is 260 g/mol. The highest BCUT2D eigenvalue weighted by Gasteiger charge is 2.16. The summed E-state index contributed by atoms with van der Waals surface area (Å²) >= 11 is 0. The van der Waals surface area contributed by atoms with Crippen molar-refractivity contribution in [1.82, 2.24) is 10.6 Å². The summed E-state index contributed by atoms with van der Waals surface area (Å²) in [4.78, 5) is 12.2. The van der Waals surface area contributed by atoms with Crippen LogP contribution in [0, 0.1) is 0 Å². The van der Waals surface area contributed by atoms with Crippen molar-refractivity contribution in [2.75, 3.05) is 13.6 Å². The van der Waals surface area contributed by atoms with Crippen LogP contribution in [0.1, 0.15) is 11.1 Å². The number of benzene rings is 2. The quantitative estimate of drug-likeness (QED) is 0.817. The molecule has 2 N–H and O–H groups in total. The molecule has 0 aliphatic carbocycles. The van der Waals surface area contributed by atoms with Crippen molar-refractivity contribution in [3.8, 4) is 0 Å². The van der Waals surface area contributed by atoms with Crippen molar-refractivity contribution in [3.63, 3.8) is 0 Å². The normalized spacial score (nSPS) is 11.9. The van der Waals surface area contributed by atoms with Crippen molar-refractivity contribution in [2.24, 2.45) is 0 Å². The molecule has 1 atom stereocenters. The summed E-state index contributed by atoms with van der Waals surface area (Å²) in [5.74, 6) is 0.0530. The van der Waals surface area contributed by atoms with E-state index >= 15 is 0 Å². The lowest BCUT2D eigenvalue weighted by Crippen LogP contribution is -2.44. The van der Waals surface area contributed by atoms with E-state index in [0.29, 0.717) is 13.0 Å². The van der Waals surface area contributed by atoms with Crippen molar-refractivity contribution in [2.45, 2.75) is 18.9 Å². The maximum absolute atomic E-state index is 12.2. The van der Waals surface area contributed by atoms with Crippen LogP contribution in [0.25, 0.3) is 0 Å². The van der Waals surface area contributed by atoms with Crippen LogP contribution in [0.3, 0.4) is 0 Å². The number of rotatable bonds is 7. The Balaban J connectivity index is 1.80. The van der Waals surface area contributed by atoms with Crippen molar-refractivity contribution in [1.29, 1.82) is 0 Å². The minimum absolute atomic E-state index is 0.0530. The number of carbonyl (C=O) groups excluding carboxylic acids is 1. The molecule has 1 amide bonds. The number of hydrogen-bond acceptors (Lipinski definition) is 2. The minimum atomic E-state index is -0.192. The van der Waals surface area contributed by atoms with Crippen molar-refractivity contribution >= 4 is 5.91 Å². The summed E-state index contributed by atoms with van der Waals surface area (Å²) in [6.07, 6.45) is 1.56. The van der Waals surface area contributed by atoms with Gasteiger partial charge in [0.25, 0.3) is 0 Å². The van der Waals surface area contributed by atoms with E-state index in [-0.39, 0.29) is 11.9 Å². The van der Waals surface area contributed by atoms with Gasteiger partial charge in [-0.25, -0.2) is 0 Å². The number of carbonyl (C=O) groups is 1. The van der Waals surface area contributed by atoms with Gasteiger partial charge in [-0.3, -0.25) is 4.79 Å². The van der Waals surface area contributed by atoms with Crippen molar-refractivity contribution in [3.05, 3.63) is 71.8 Å². The highest BCUT2D eigenvalue weighted by atomic mass is 16.2. The Morgan fingerprint density at radius 2 is 1.52 bits per heavy atom. The summed E-state index contributed by atoms with van der Waals surface area (Å²) in [5, 5.41) is 6.09. The van der Waals surface area contributed by atoms with Crippen LogP contribution >= 0.6 is 0 Å². The summed E-state index contributed by atoms with van der Waals surface area (Å²) < 4.78 is 0. The van der Waals surface area contributed by atoms with Gasteiger partial charge in [0.05, 0.1) is 6.04 Å². The Morgan fingerprint density at radius 1 is 0.952 bits per heavy atom. The first-order chi connectivity index (χ1) is 10.3. The zero-order chi connectivity index (χ0) is 14.9. The summed E-state index contributed by atoms with van der Waals surface area (Å²) in [5.41, 5.74) is 2.40. The van der Waals surface area contributed by atoms with Gasteiger partial charge in [-0.2, -0.15) is 0 Å². The Labute approximate surface area is 126 Å². The first-order valence-corrected chi connectivity index (χ1v) is 7.32. The van der Waals surface area contributed by atoms with Gasteiger partial charge < -0.3 is 10.6 Å². The minimum Gasteiger partial charge on any atom is -0.354 e. The third kappa shape index (κ3) is 5.04. The fraction of sp³-hybridized carbons (Fsp3) is 0.278. The summed E-state index contributed by atoms with van der Waals surface area (Å²) in [6, 6.07) is 20.1. The highest BCUT2D eigenvalue weighted by Crippen LogP contribution is 2.03. The van der Waals surface area contributed by atoms with Crippen molar-refractivity contribution < 1.29 is 4.79 Å². The molecule has 0 unspecified atom stereocenters. The van der Waals surface area contributed by atoms with Crippen LogP contribution in [-0.2, 0) is 17.6 Å². The molecule has 0 aromatic heterocycles. The van der Waals surface area contributed by atoms with E-state index in [9.17, 15) is 4.79 Å². The van der Waals surface area contributed by atoms with E-state index in [4.69, 9.17) is 0 Å². The highest BCUT2D eigenvalue weighted by molar-refractivity contribution is 5.82. The molecule has 21 heavy (non-hydrogen) atoms. The van der Waals surface area contributed by atoms with Crippen LogP contribution in [0.2, 0.25) is 0 Å². The fourth-order valence-corrected chi connectivity index (χ4v) is 2.27. The number of nitrogens with one attached hydrogen (secondary N) is 2. The molecule has 3 nitrogen and oxygen atoms in total. The molecule has 2 aromatic carbocycles. The topological polar surface area (TPSA) is 41.1 Å². The molecule has 0 spiro atoms. The lowest BCUT2D eigenvalue weighted by Gasteiger charge is -2.16. The average Bonchev–Trinajstić information content (AvgIpc) is 2.54.